The van der Waals surface area contributed by atoms with Crippen LogP contribution in [-0.4, -0.2) is 6.29 Å². The van der Waals surface area contributed by atoms with Gasteiger partial charge in [-0.15, -0.1) is 0 Å². The molecule has 0 amide bonds. The van der Waals surface area contributed by atoms with Gasteiger partial charge in [0.1, 0.15) is 18.6 Å². The van der Waals surface area contributed by atoms with Crippen LogP contribution in [0.1, 0.15) is 21.5 Å². The first-order valence-corrected chi connectivity index (χ1v) is 7.60. The predicted octanol–water partition coefficient (Wildman–Crippen LogP) is 5.05. The lowest BCUT2D eigenvalue weighted by Crippen LogP contribution is -1.95. The number of carbonyl (C=O) groups is 1. The van der Waals surface area contributed by atoms with Gasteiger partial charge in [0.2, 0.25) is 0 Å². The Balaban J connectivity index is 1.84. The predicted molar refractivity (Wildman–Crippen MR) is 92.8 cm³/mol. The average Bonchev–Trinajstić information content (AvgIpc) is 2.61. The Bertz CT molecular complexity index is 807. The highest BCUT2D eigenvalue weighted by Crippen LogP contribution is 2.28. The van der Waals surface area contributed by atoms with Crippen LogP contribution in [0.15, 0.2) is 72.8 Å². The van der Waals surface area contributed by atoms with Crippen LogP contribution in [0, 0.1) is 6.92 Å². The van der Waals surface area contributed by atoms with Crippen LogP contribution < -0.4 is 4.74 Å². The lowest BCUT2D eigenvalue weighted by Gasteiger charge is -2.11. The third kappa shape index (κ3) is 3.49. The normalized spacial score (nSPS) is 10.3. The maximum atomic E-state index is 11.1. The van der Waals surface area contributed by atoms with Crippen LogP contribution in [0.4, 0.5) is 0 Å². The van der Waals surface area contributed by atoms with Crippen LogP contribution in [-0.2, 0) is 6.61 Å². The molecule has 0 aliphatic carbocycles. The Kier molecular flexibility index (Phi) is 4.53. The van der Waals surface area contributed by atoms with Crippen molar-refractivity contribution < 1.29 is 9.53 Å². The molecule has 114 valence electrons. The summed E-state index contributed by atoms with van der Waals surface area (Å²) in [6, 6.07) is 23.8. The van der Waals surface area contributed by atoms with Crippen molar-refractivity contribution in [3.8, 4) is 16.9 Å². The quantitative estimate of drug-likeness (QED) is 0.616. The Morgan fingerprint density at radius 1 is 0.913 bits per heavy atom. The van der Waals surface area contributed by atoms with Gasteiger partial charge in [0.05, 0.1) is 0 Å². The Hall–Kier alpha value is -2.87. The molecule has 3 rings (SSSR count). The topological polar surface area (TPSA) is 26.3 Å². The molecule has 0 atom stereocenters. The molecule has 0 N–H and O–H groups in total. The second-order valence-electron chi connectivity index (χ2n) is 5.44. The fourth-order valence-corrected chi connectivity index (χ4v) is 2.59. The largest absolute Gasteiger partial charge is 0.489 e. The van der Waals surface area contributed by atoms with E-state index in [1.165, 1.54) is 0 Å². The lowest BCUT2D eigenvalue weighted by atomic mass is 9.97. The molecule has 0 aliphatic heterocycles. The fraction of sp³-hybridized carbons (Fsp3) is 0.0952. The summed E-state index contributed by atoms with van der Waals surface area (Å²) in [4.78, 5) is 11.1. The van der Waals surface area contributed by atoms with E-state index in [1.807, 2.05) is 79.7 Å². The molecule has 0 radical (unpaired) electrons. The second-order valence-corrected chi connectivity index (χ2v) is 5.44. The van der Waals surface area contributed by atoms with Gasteiger partial charge < -0.3 is 4.74 Å². The zero-order valence-electron chi connectivity index (χ0n) is 13.0. The molecule has 0 spiro atoms. The van der Waals surface area contributed by atoms with Crippen molar-refractivity contribution in [2.24, 2.45) is 0 Å². The van der Waals surface area contributed by atoms with Crippen molar-refractivity contribution in [3.63, 3.8) is 0 Å². The SMILES string of the molecule is Cc1c(C=O)cccc1-c1cccc(OCc2ccccc2)c1. The number of hydrogen-bond donors (Lipinski definition) is 0. The summed E-state index contributed by atoms with van der Waals surface area (Å²) in [5.74, 6) is 0.822. The molecule has 0 aromatic heterocycles. The second kappa shape index (κ2) is 6.93. The maximum Gasteiger partial charge on any atom is 0.150 e. The maximum absolute atomic E-state index is 11.1. The minimum Gasteiger partial charge on any atom is -0.489 e. The molecular weight excluding hydrogens is 284 g/mol. The minimum absolute atomic E-state index is 0.539. The summed E-state index contributed by atoms with van der Waals surface area (Å²) in [5.41, 5.74) is 4.95. The van der Waals surface area contributed by atoms with Gasteiger partial charge in [0, 0.05) is 5.56 Å². The number of carbonyl (C=O) groups excluding carboxylic acids is 1. The molecular formula is C21H18O2. The van der Waals surface area contributed by atoms with Crippen molar-refractivity contribution in [2.45, 2.75) is 13.5 Å². The van der Waals surface area contributed by atoms with Crippen LogP contribution in [0.25, 0.3) is 11.1 Å². The van der Waals surface area contributed by atoms with Crippen molar-refractivity contribution in [1.82, 2.24) is 0 Å². The average molecular weight is 302 g/mol. The molecule has 3 aromatic rings. The van der Waals surface area contributed by atoms with Crippen molar-refractivity contribution >= 4 is 6.29 Å². The number of rotatable bonds is 5. The lowest BCUT2D eigenvalue weighted by molar-refractivity contribution is 0.112. The van der Waals surface area contributed by atoms with Crippen molar-refractivity contribution in [1.29, 1.82) is 0 Å². The standard InChI is InChI=1S/C21H18O2/c1-16-19(14-22)10-6-12-21(16)18-9-5-11-20(13-18)23-15-17-7-3-2-4-8-17/h2-14H,15H2,1H3. The van der Waals surface area contributed by atoms with Crippen molar-refractivity contribution in [2.75, 3.05) is 0 Å². The Labute approximate surface area is 136 Å². The van der Waals surface area contributed by atoms with Gasteiger partial charge in [-0.2, -0.15) is 0 Å². The van der Waals surface area contributed by atoms with E-state index in [-0.39, 0.29) is 0 Å². The molecule has 2 heteroatoms. The molecule has 23 heavy (non-hydrogen) atoms. The molecule has 0 fully saturated rings. The van der Waals surface area contributed by atoms with Crippen LogP contribution in [0.2, 0.25) is 0 Å². The summed E-state index contributed by atoms with van der Waals surface area (Å²) < 4.78 is 5.88. The van der Waals surface area contributed by atoms with E-state index in [0.29, 0.717) is 6.61 Å². The van der Waals surface area contributed by atoms with E-state index in [9.17, 15) is 4.79 Å². The molecule has 2 nitrogen and oxygen atoms in total. The summed E-state index contributed by atoms with van der Waals surface area (Å²) in [6.45, 7) is 2.51. The molecule has 0 unspecified atom stereocenters. The number of hydrogen-bond acceptors (Lipinski definition) is 2. The van der Waals surface area contributed by atoms with Gasteiger partial charge in [-0.3, -0.25) is 4.79 Å². The van der Waals surface area contributed by atoms with Crippen molar-refractivity contribution in [3.05, 3.63) is 89.5 Å². The molecule has 0 heterocycles. The van der Waals surface area contributed by atoms with Gasteiger partial charge in [-0.25, -0.2) is 0 Å². The zero-order valence-corrected chi connectivity index (χ0v) is 13.0. The highest BCUT2D eigenvalue weighted by atomic mass is 16.5. The number of aldehydes is 1. The highest BCUT2D eigenvalue weighted by molar-refractivity contribution is 5.83. The van der Waals surface area contributed by atoms with E-state index >= 15 is 0 Å². The van der Waals surface area contributed by atoms with Gasteiger partial charge >= 0.3 is 0 Å². The third-order valence-corrected chi connectivity index (χ3v) is 3.90. The summed E-state index contributed by atoms with van der Waals surface area (Å²) >= 11 is 0. The van der Waals surface area contributed by atoms with E-state index < -0.39 is 0 Å². The summed E-state index contributed by atoms with van der Waals surface area (Å²) in [5, 5.41) is 0. The van der Waals surface area contributed by atoms with E-state index in [1.54, 1.807) is 0 Å². The molecule has 0 saturated carbocycles. The van der Waals surface area contributed by atoms with Crippen LogP contribution in [0.3, 0.4) is 0 Å². The van der Waals surface area contributed by atoms with Gasteiger partial charge in [0.15, 0.2) is 0 Å². The summed E-state index contributed by atoms with van der Waals surface area (Å²) in [6.07, 6.45) is 0.897. The smallest absolute Gasteiger partial charge is 0.150 e. The molecule has 3 aromatic carbocycles. The Morgan fingerprint density at radius 2 is 1.70 bits per heavy atom. The molecule has 0 saturated heterocycles. The third-order valence-electron chi connectivity index (χ3n) is 3.90. The number of benzene rings is 3. The van der Waals surface area contributed by atoms with Gasteiger partial charge in [-0.05, 0) is 41.3 Å². The molecule has 0 aliphatic rings. The molecule has 0 bridgehead atoms. The highest BCUT2D eigenvalue weighted by Gasteiger charge is 2.06. The minimum atomic E-state index is 0.539. The van der Waals surface area contributed by atoms with E-state index in [4.69, 9.17) is 4.74 Å². The van der Waals surface area contributed by atoms with Gasteiger partial charge in [0.25, 0.3) is 0 Å². The first kappa shape index (κ1) is 15.0. The Morgan fingerprint density at radius 3 is 2.48 bits per heavy atom. The first-order valence-electron chi connectivity index (χ1n) is 7.60. The van der Waals surface area contributed by atoms with Gasteiger partial charge in [-0.1, -0.05) is 60.7 Å². The zero-order chi connectivity index (χ0) is 16.1. The van der Waals surface area contributed by atoms with E-state index in [2.05, 4.69) is 0 Å². The number of ether oxygens (including phenoxy) is 1. The first-order chi connectivity index (χ1) is 11.3. The summed E-state index contributed by atoms with van der Waals surface area (Å²) in [7, 11) is 0. The fourth-order valence-electron chi connectivity index (χ4n) is 2.59. The monoisotopic (exact) mass is 302 g/mol. The van der Waals surface area contributed by atoms with Crippen LogP contribution >= 0.6 is 0 Å². The van der Waals surface area contributed by atoms with E-state index in [0.717, 1.165) is 39.9 Å². The van der Waals surface area contributed by atoms with Crippen LogP contribution in [0.5, 0.6) is 5.75 Å².